The summed E-state index contributed by atoms with van der Waals surface area (Å²) in [7, 11) is 0. The third-order valence-corrected chi connectivity index (χ3v) is 7.44. The molecule has 158 valence electrons. The standard InChI is InChI=1S/C24H30N4O2/c29-14-21-22(19-7-3-1-4-8-19)24(28(21)13-18-11-25-17-26-12-18)15-27(16-24)23(30)20-9-5-2-6-10-20/h1,3-4,7-8,11-12,17,20-22,29H,2,5-6,9-10,13-16H2/t21-,22-/m1/s1. The lowest BCUT2D eigenvalue weighted by Crippen LogP contribution is -2.84. The van der Waals surface area contributed by atoms with Crippen LogP contribution in [0.25, 0.3) is 0 Å². The third kappa shape index (κ3) is 3.22. The Bertz CT molecular complexity index is 863. The first kappa shape index (κ1) is 19.6. The summed E-state index contributed by atoms with van der Waals surface area (Å²) >= 11 is 0. The summed E-state index contributed by atoms with van der Waals surface area (Å²) in [5.74, 6) is 0.766. The Labute approximate surface area is 177 Å². The van der Waals surface area contributed by atoms with E-state index >= 15 is 0 Å². The molecule has 0 unspecified atom stereocenters. The maximum Gasteiger partial charge on any atom is 0.225 e. The first-order chi connectivity index (χ1) is 14.7. The number of aliphatic hydroxyl groups is 1. The number of nitrogens with zero attached hydrogens (tertiary/aromatic N) is 4. The maximum absolute atomic E-state index is 13.1. The second-order valence-electron chi connectivity index (χ2n) is 9.15. The van der Waals surface area contributed by atoms with Crippen LogP contribution in [-0.4, -0.2) is 62.1 Å². The third-order valence-electron chi connectivity index (χ3n) is 7.44. The molecular weight excluding hydrogens is 376 g/mol. The minimum Gasteiger partial charge on any atom is -0.395 e. The Hall–Kier alpha value is -2.31. The number of hydrogen-bond acceptors (Lipinski definition) is 5. The van der Waals surface area contributed by atoms with E-state index in [1.54, 1.807) is 6.33 Å². The van der Waals surface area contributed by atoms with Gasteiger partial charge in [0.1, 0.15) is 6.33 Å². The van der Waals surface area contributed by atoms with Gasteiger partial charge in [0.25, 0.3) is 0 Å². The molecule has 1 N–H and O–H groups in total. The molecule has 1 amide bonds. The molecule has 1 saturated carbocycles. The van der Waals surface area contributed by atoms with E-state index in [9.17, 15) is 9.90 Å². The van der Waals surface area contributed by atoms with Crippen LogP contribution in [0.2, 0.25) is 0 Å². The maximum atomic E-state index is 13.1. The largest absolute Gasteiger partial charge is 0.395 e. The highest BCUT2D eigenvalue weighted by molar-refractivity contribution is 5.80. The van der Waals surface area contributed by atoms with Crippen molar-refractivity contribution in [3.05, 3.63) is 60.2 Å². The van der Waals surface area contributed by atoms with E-state index in [0.717, 1.165) is 31.5 Å². The van der Waals surface area contributed by atoms with Gasteiger partial charge in [-0.2, -0.15) is 0 Å². The van der Waals surface area contributed by atoms with E-state index in [0.29, 0.717) is 12.5 Å². The van der Waals surface area contributed by atoms with Crippen molar-refractivity contribution in [1.82, 2.24) is 19.8 Å². The van der Waals surface area contributed by atoms with Crippen molar-refractivity contribution in [1.29, 1.82) is 0 Å². The minimum atomic E-state index is -0.116. The Morgan fingerprint density at radius 1 is 1.07 bits per heavy atom. The van der Waals surface area contributed by atoms with Crippen LogP contribution in [0.3, 0.4) is 0 Å². The molecule has 3 aliphatic rings. The fourth-order valence-corrected chi connectivity index (χ4v) is 6.00. The summed E-state index contributed by atoms with van der Waals surface area (Å²) in [5.41, 5.74) is 2.18. The van der Waals surface area contributed by atoms with Gasteiger partial charge in [-0.25, -0.2) is 9.97 Å². The van der Waals surface area contributed by atoms with Gasteiger partial charge in [-0.15, -0.1) is 0 Å². The Morgan fingerprint density at radius 3 is 2.43 bits per heavy atom. The van der Waals surface area contributed by atoms with Gasteiger partial charge in [0, 0.05) is 55.5 Å². The molecule has 1 aliphatic carbocycles. The molecular formula is C24H30N4O2. The summed E-state index contributed by atoms with van der Waals surface area (Å²) < 4.78 is 0. The number of amides is 1. The fraction of sp³-hybridized carbons (Fsp3) is 0.542. The molecule has 1 aromatic heterocycles. The highest BCUT2D eigenvalue weighted by Gasteiger charge is 2.66. The smallest absolute Gasteiger partial charge is 0.225 e. The molecule has 1 aromatic carbocycles. The molecule has 6 heteroatoms. The topological polar surface area (TPSA) is 69.6 Å². The zero-order valence-electron chi connectivity index (χ0n) is 17.4. The second-order valence-corrected chi connectivity index (χ2v) is 9.15. The molecule has 2 aromatic rings. The molecule has 2 aliphatic heterocycles. The average molecular weight is 407 g/mol. The Balaban J connectivity index is 1.39. The molecule has 5 rings (SSSR count). The monoisotopic (exact) mass is 406 g/mol. The summed E-state index contributed by atoms with van der Waals surface area (Å²) in [6, 6.07) is 10.5. The normalized spacial score (nSPS) is 26.2. The van der Waals surface area contributed by atoms with Crippen LogP contribution in [-0.2, 0) is 11.3 Å². The van der Waals surface area contributed by atoms with Gasteiger partial charge in [0.15, 0.2) is 0 Å². The molecule has 0 radical (unpaired) electrons. The van der Waals surface area contributed by atoms with Gasteiger partial charge in [0.2, 0.25) is 5.91 Å². The Kier molecular flexibility index (Phi) is 5.29. The molecule has 3 fully saturated rings. The van der Waals surface area contributed by atoms with E-state index in [2.05, 4.69) is 44.0 Å². The number of likely N-dealkylation sites (tertiary alicyclic amines) is 2. The van der Waals surface area contributed by atoms with Gasteiger partial charge in [-0.1, -0.05) is 49.6 Å². The zero-order chi connectivity index (χ0) is 20.6. The van der Waals surface area contributed by atoms with Crippen molar-refractivity contribution in [2.45, 2.75) is 56.1 Å². The lowest BCUT2D eigenvalue weighted by atomic mass is 9.60. The first-order valence-corrected chi connectivity index (χ1v) is 11.2. The summed E-state index contributed by atoms with van der Waals surface area (Å²) in [6.45, 7) is 2.28. The predicted molar refractivity (Wildman–Crippen MR) is 114 cm³/mol. The highest BCUT2D eigenvalue weighted by Crippen LogP contribution is 2.54. The van der Waals surface area contributed by atoms with Gasteiger partial charge >= 0.3 is 0 Å². The van der Waals surface area contributed by atoms with Crippen LogP contribution in [0, 0.1) is 5.92 Å². The summed E-state index contributed by atoms with van der Waals surface area (Å²) in [4.78, 5) is 25.9. The highest BCUT2D eigenvalue weighted by atomic mass is 16.3. The van der Waals surface area contributed by atoms with Gasteiger partial charge in [0.05, 0.1) is 12.1 Å². The summed E-state index contributed by atoms with van der Waals surface area (Å²) in [5, 5.41) is 10.2. The molecule has 3 heterocycles. The number of carbonyl (C=O) groups is 1. The van der Waals surface area contributed by atoms with E-state index in [1.165, 1.54) is 24.8 Å². The Morgan fingerprint density at radius 2 is 1.77 bits per heavy atom. The van der Waals surface area contributed by atoms with Crippen LogP contribution in [0.1, 0.15) is 49.1 Å². The summed E-state index contributed by atoms with van der Waals surface area (Å²) in [6.07, 6.45) is 10.9. The van der Waals surface area contributed by atoms with E-state index in [1.807, 2.05) is 18.5 Å². The van der Waals surface area contributed by atoms with Crippen molar-refractivity contribution >= 4 is 5.91 Å². The van der Waals surface area contributed by atoms with Crippen molar-refractivity contribution in [2.75, 3.05) is 19.7 Å². The van der Waals surface area contributed by atoms with Crippen LogP contribution < -0.4 is 0 Å². The quantitative estimate of drug-likeness (QED) is 0.827. The molecule has 0 bridgehead atoms. The number of aromatic nitrogens is 2. The molecule has 6 nitrogen and oxygen atoms in total. The lowest BCUT2D eigenvalue weighted by molar-refractivity contribution is -0.202. The van der Waals surface area contributed by atoms with Gasteiger partial charge in [-0.3, -0.25) is 9.69 Å². The van der Waals surface area contributed by atoms with E-state index in [4.69, 9.17) is 0 Å². The van der Waals surface area contributed by atoms with Crippen molar-refractivity contribution in [3.63, 3.8) is 0 Å². The predicted octanol–water partition coefficient (Wildman–Crippen LogP) is 2.60. The molecule has 2 atom stereocenters. The SMILES string of the molecule is O=C(C1CCCCC1)N1CC2(C1)[C@H](c1ccccc1)[C@@H](CO)N2Cc1cncnc1. The average Bonchev–Trinajstić information content (AvgIpc) is 2.77. The van der Waals surface area contributed by atoms with Crippen molar-refractivity contribution < 1.29 is 9.90 Å². The van der Waals surface area contributed by atoms with E-state index < -0.39 is 0 Å². The van der Waals surface area contributed by atoms with Crippen LogP contribution in [0.15, 0.2) is 49.1 Å². The number of carbonyl (C=O) groups excluding carboxylic acids is 1. The first-order valence-electron chi connectivity index (χ1n) is 11.2. The van der Waals surface area contributed by atoms with Crippen LogP contribution in [0.4, 0.5) is 0 Å². The lowest BCUT2D eigenvalue weighted by Gasteiger charge is -2.71. The minimum absolute atomic E-state index is 0.0412. The van der Waals surface area contributed by atoms with Crippen molar-refractivity contribution in [3.8, 4) is 0 Å². The van der Waals surface area contributed by atoms with Gasteiger partial charge in [-0.05, 0) is 18.4 Å². The number of aliphatic hydroxyl groups excluding tert-OH is 1. The van der Waals surface area contributed by atoms with Crippen molar-refractivity contribution in [2.24, 2.45) is 5.92 Å². The zero-order valence-corrected chi connectivity index (χ0v) is 17.4. The van der Waals surface area contributed by atoms with E-state index in [-0.39, 0.29) is 30.0 Å². The van der Waals surface area contributed by atoms with Crippen LogP contribution >= 0.6 is 0 Å². The van der Waals surface area contributed by atoms with Crippen LogP contribution in [0.5, 0.6) is 0 Å². The molecule has 30 heavy (non-hydrogen) atoms. The van der Waals surface area contributed by atoms with Gasteiger partial charge < -0.3 is 10.0 Å². The number of hydrogen-bond donors (Lipinski definition) is 1. The molecule has 1 spiro atoms. The second kappa shape index (κ2) is 8.08. The fourth-order valence-electron chi connectivity index (χ4n) is 6.00. The number of benzene rings is 1. The molecule has 2 saturated heterocycles. The number of rotatable bonds is 5.